The number of hydrogen-bond acceptors (Lipinski definition) is 6. The number of amides is 1. The van der Waals surface area contributed by atoms with Gasteiger partial charge in [0.15, 0.2) is 5.16 Å². The van der Waals surface area contributed by atoms with E-state index in [1.165, 1.54) is 28.7 Å². The van der Waals surface area contributed by atoms with Crippen LogP contribution in [0.4, 0.5) is 0 Å². The van der Waals surface area contributed by atoms with E-state index in [2.05, 4.69) is 34.6 Å². The molecule has 0 saturated carbocycles. The molecule has 0 unspecified atom stereocenters. The van der Waals surface area contributed by atoms with Crippen LogP contribution in [0.25, 0.3) is 16.0 Å². The molecule has 156 valence electrons. The summed E-state index contributed by atoms with van der Waals surface area (Å²) in [5.41, 5.74) is 2.98. The number of fused-ring (bicyclic) bond motifs is 3. The SMILES string of the molecule is CCc1ccc(Cn2c(=O)c3sccc3n3c(SCC(=O)NC(C)C)nnc23)cc1. The van der Waals surface area contributed by atoms with Crippen molar-refractivity contribution in [1.82, 2.24) is 24.5 Å². The van der Waals surface area contributed by atoms with Crippen LogP contribution in [0.5, 0.6) is 0 Å². The minimum absolute atomic E-state index is 0.0577. The standard InChI is InChI=1S/C21H23N5O2S2/c1-4-14-5-7-15(8-6-14)11-25-19(28)18-16(9-10-29-18)26-20(25)23-24-21(26)30-12-17(27)22-13(2)3/h5-10,13H,4,11-12H2,1-3H3,(H,22,27). The van der Waals surface area contributed by atoms with Gasteiger partial charge < -0.3 is 5.32 Å². The molecule has 0 saturated heterocycles. The highest BCUT2D eigenvalue weighted by molar-refractivity contribution is 7.99. The summed E-state index contributed by atoms with van der Waals surface area (Å²) in [4.78, 5) is 25.2. The van der Waals surface area contributed by atoms with Gasteiger partial charge in [-0.15, -0.1) is 21.5 Å². The van der Waals surface area contributed by atoms with E-state index in [-0.39, 0.29) is 23.3 Å². The normalized spacial score (nSPS) is 11.6. The summed E-state index contributed by atoms with van der Waals surface area (Å²) in [6.45, 7) is 6.38. The molecule has 0 fully saturated rings. The zero-order chi connectivity index (χ0) is 21.3. The summed E-state index contributed by atoms with van der Waals surface area (Å²) in [6.07, 6.45) is 0.973. The van der Waals surface area contributed by atoms with Crippen molar-refractivity contribution in [2.75, 3.05) is 5.75 Å². The minimum atomic E-state index is -0.0754. The van der Waals surface area contributed by atoms with Gasteiger partial charge in [0.2, 0.25) is 11.7 Å². The second-order valence-corrected chi connectivity index (χ2v) is 9.18. The zero-order valence-corrected chi connectivity index (χ0v) is 18.7. The van der Waals surface area contributed by atoms with Crippen LogP contribution in [0.15, 0.2) is 45.7 Å². The van der Waals surface area contributed by atoms with Crippen LogP contribution in [0.2, 0.25) is 0 Å². The van der Waals surface area contributed by atoms with E-state index in [4.69, 9.17) is 0 Å². The molecule has 4 aromatic rings. The topological polar surface area (TPSA) is 81.3 Å². The van der Waals surface area contributed by atoms with Crippen molar-refractivity contribution in [3.05, 3.63) is 57.2 Å². The van der Waals surface area contributed by atoms with Crippen LogP contribution in [0.3, 0.4) is 0 Å². The molecule has 7 nitrogen and oxygen atoms in total. The molecule has 0 radical (unpaired) electrons. The molecule has 1 aromatic carbocycles. The molecule has 3 aromatic heterocycles. The van der Waals surface area contributed by atoms with Gasteiger partial charge in [-0.05, 0) is 42.8 Å². The molecule has 30 heavy (non-hydrogen) atoms. The van der Waals surface area contributed by atoms with Crippen LogP contribution in [0, 0.1) is 0 Å². The van der Waals surface area contributed by atoms with E-state index >= 15 is 0 Å². The van der Waals surface area contributed by atoms with Crippen molar-refractivity contribution >= 4 is 45.0 Å². The second kappa shape index (κ2) is 8.61. The summed E-state index contributed by atoms with van der Waals surface area (Å²) >= 11 is 2.72. The predicted molar refractivity (Wildman–Crippen MR) is 122 cm³/mol. The number of aryl methyl sites for hydroxylation is 1. The zero-order valence-electron chi connectivity index (χ0n) is 17.1. The van der Waals surface area contributed by atoms with Gasteiger partial charge in [0.1, 0.15) is 4.70 Å². The molecule has 0 atom stereocenters. The van der Waals surface area contributed by atoms with Gasteiger partial charge in [-0.25, -0.2) is 0 Å². The first-order valence-corrected chi connectivity index (χ1v) is 11.7. The van der Waals surface area contributed by atoms with Gasteiger partial charge in [-0.2, -0.15) is 0 Å². The number of aromatic nitrogens is 4. The lowest BCUT2D eigenvalue weighted by Crippen LogP contribution is -2.31. The quantitative estimate of drug-likeness (QED) is 0.445. The van der Waals surface area contributed by atoms with E-state index < -0.39 is 0 Å². The van der Waals surface area contributed by atoms with Crippen molar-refractivity contribution < 1.29 is 4.79 Å². The Kier molecular flexibility index (Phi) is 5.92. The third-order valence-corrected chi connectivity index (χ3v) is 6.56. The molecule has 1 N–H and O–H groups in total. The van der Waals surface area contributed by atoms with Crippen LogP contribution in [-0.2, 0) is 17.8 Å². The first-order chi connectivity index (χ1) is 14.5. The fraction of sp³-hybridized carbons (Fsp3) is 0.333. The van der Waals surface area contributed by atoms with Crippen LogP contribution in [0.1, 0.15) is 31.9 Å². The fourth-order valence-electron chi connectivity index (χ4n) is 3.29. The van der Waals surface area contributed by atoms with Gasteiger partial charge in [0, 0.05) is 6.04 Å². The molecule has 4 rings (SSSR count). The molecular weight excluding hydrogens is 418 g/mol. The average Bonchev–Trinajstić information content (AvgIpc) is 3.36. The second-order valence-electron chi connectivity index (χ2n) is 7.33. The van der Waals surface area contributed by atoms with Gasteiger partial charge in [-0.3, -0.25) is 18.6 Å². The lowest BCUT2D eigenvalue weighted by Gasteiger charge is -2.10. The Labute approximate surface area is 182 Å². The summed E-state index contributed by atoms with van der Waals surface area (Å²) in [5, 5.41) is 14.0. The monoisotopic (exact) mass is 441 g/mol. The van der Waals surface area contributed by atoms with E-state index in [0.29, 0.717) is 22.2 Å². The maximum atomic E-state index is 13.1. The Hall–Kier alpha value is -2.65. The van der Waals surface area contributed by atoms with Crippen molar-refractivity contribution in [1.29, 1.82) is 0 Å². The molecule has 3 heterocycles. The Morgan fingerprint density at radius 1 is 1.17 bits per heavy atom. The van der Waals surface area contributed by atoms with Crippen molar-refractivity contribution in [2.45, 2.75) is 44.9 Å². The highest BCUT2D eigenvalue weighted by atomic mass is 32.2. The van der Waals surface area contributed by atoms with Crippen molar-refractivity contribution in [3.63, 3.8) is 0 Å². The fourth-order valence-corrected chi connectivity index (χ4v) is 4.87. The molecule has 0 bridgehead atoms. The third kappa shape index (κ3) is 3.99. The predicted octanol–water partition coefficient (Wildman–Crippen LogP) is 3.33. The minimum Gasteiger partial charge on any atom is -0.353 e. The van der Waals surface area contributed by atoms with Gasteiger partial charge >= 0.3 is 0 Å². The summed E-state index contributed by atoms with van der Waals surface area (Å²) in [7, 11) is 0. The molecule has 0 aliphatic rings. The van der Waals surface area contributed by atoms with Crippen LogP contribution < -0.4 is 10.9 Å². The number of carbonyl (C=O) groups excluding carboxylic acids is 1. The number of hydrogen-bond donors (Lipinski definition) is 1. The average molecular weight is 442 g/mol. The van der Waals surface area contributed by atoms with Crippen LogP contribution in [-0.4, -0.2) is 36.9 Å². The molecule has 0 aliphatic carbocycles. The maximum Gasteiger partial charge on any atom is 0.273 e. The van der Waals surface area contributed by atoms with Crippen LogP contribution >= 0.6 is 23.1 Å². The van der Waals surface area contributed by atoms with E-state index in [1.54, 1.807) is 4.57 Å². The Bertz CT molecular complexity index is 1250. The number of thioether (sulfide) groups is 1. The first kappa shape index (κ1) is 20.6. The summed E-state index contributed by atoms with van der Waals surface area (Å²) in [6, 6.07) is 10.2. The molecule has 9 heteroatoms. The van der Waals surface area contributed by atoms with Gasteiger partial charge in [-0.1, -0.05) is 43.0 Å². The van der Waals surface area contributed by atoms with Crippen molar-refractivity contribution in [3.8, 4) is 0 Å². The lowest BCUT2D eigenvalue weighted by atomic mass is 10.1. The number of nitrogens with zero attached hydrogens (tertiary/aromatic N) is 4. The van der Waals surface area contributed by atoms with Crippen molar-refractivity contribution in [2.24, 2.45) is 0 Å². The number of carbonyl (C=O) groups is 1. The molecule has 1 amide bonds. The number of rotatable bonds is 7. The smallest absolute Gasteiger partial charge is 0.273 e. The first-order valence-electron chi connectivity index (χ1n) is 9.83. The Balaban J connectivity index is 1.75. The Morgan fingerprint density at radius 2 is 1.90 bits per heavy atom. The maximum absolute atomic E-state index is 13.1. The summed E-state index contributed by atoms with van der Waals surface area (Å²) < 4.78 is 4.19. The van der Waals surface area contributed by atoms with Gasteiger partial charge in [0.25, 0.3) is 5.56 Å². The molecular formula is C21H23N5O2S2. The number of thiophene rings is 1. The highest BCUT2D eigenvalue weighted by Gasteiger charge is 2.19. The van der Waals surface area contributed by atoms with E-state index in [0.717, 1.165) is 17.5 Å². The highest BCUT2D eigenvalue weighted by Crippen LogP contribution is 2.24. The number of benzene rings is 1. The third-order valence-electron chi connectivity index (χ3n) is 4.74. The summed E-state index contributed by atoms with van der Waals surface area (Å²) in [5.74, 6) is 0.664. The van der Waals surface area contributed by atoms with Gasteiger partial charge in [0.05, 0.1) is 17.8 Å². The van der Waals surface area contributed by atoms with E-state index in [1.807, 2.05) is 41.8 Å². The molecule has 0 spiro atoms. The molecule has 0 aliphatic heterocycles. The lowest BCUT2D eigenvalue weighted by molar-refractivity contribution is -0.119. The Morgan fingerprint density at radius 3 is 2.60 bits per heavy atom. The van der Waals surface area contributed by atoms with E-state index in [9.17, 15) is 9.59 Å². The largest absolute Gasteiger partial charge is 0.353 e. The number of nitrogens with one attached hydrogen (secondary N) is 1.